The van der Waals surface area contributed by atoms with Crippen molar-refractivity contribution in [3.05, 3.63) is 77.7 Å². The number of nitrogens with one attached hydrogen (secondary N) is 1. The number of rotatable bonds is 2. The SMILES string of the molecule is O=C(Nc1ccc(Cl)cc1)N1c2ccccc2S[C@H]1c1ccco1. The second kappa shape index (κ2) is 6.26. The number of urea groups is 1. The van der Waals surface area contributed by atoms with E-state index in [0.29, 0.717) is 10.7 Å². The molecule has 1 aliphatic heterocycles. The molecule has 0 saturated carbocycles. The van der Waals surface area contributed by atoms with Crippen molar-refractivity contribution in [1.82, 2.24) is 0 Å². The Kier molecular flexibility index (Phi) is 3.96. The minimum atomic E-state index is -0.232. The number of hydrogen-bond acceptors (Lipinski definition) is 3. The molecular formula is C18H13ClN2O2S. The van der Waals surface area contributed by atoms with Crippen LogP contribution in [0.4, 0.5) is 16.2 Å². The number of halogens is 1. The fourth-order valence-electron chi connectivity index (χ4n) is 2.61. The molecule has 4 nitrogen and oxygen atoms in total. The molecule has 1 N–H and O–H groups in total. The molecule has 2 aromatic carbocycles. The van der Waals surface area contributed by atoms with Gasteiger partial charge in [0.15, 0.2) is 0 Å². The van der Waals surface area contributed by atoms with Gasteiger partial charge in [0.2, 0.25) is 0 Å². The third kappa shape index (κ3) is 2.77. The molecule has 120 valence electrons. The van der Waals surface area contributed by atoms with Crippen LogP contribution in [0.1, 0.15) is 11.1 Å². The van der Waals surface area contributed by atoms with Crippen molar-refractivity contribution >= 4 is 40.8 Å². The summed E-state index contributed by atoms with van der Waals surface area (Å²) in [6, 6.07) is 18.4. The van der Waals surface area contributed by atoms with Crippen LogP contribution in [0.5, 0.6) is 0 Å². The average molecular weight is 357 g/mol. The van der Waals surface area contributed by atoms with Crippen LogP contribution in [-0.2, 0) is 0 Å². The van der Waals surface area contributed by atoms with E-state index >= 15 is 0 Å². The van der Waals surface area contributed by atoms with Gasteiger partial charge in [0.1, 0.15) is 11.1 Å². The second-order valence-electron chi connectivity index (χ2n) is 5.26. The van der Waals surface area contributed by atoms with Crippen LogP contribution in [0.3, 0.4) is 0 Å². The van der Waals surface area contributed by atoms with Gasteiger partial charge in [-0.15, -0.1) is 0 Å². The van der Waals surface area contributed by atoms with Crippen molar-refractivity contribution in [2.24, 2.45) is 0 Å². The van der Waals surface area contributed by atoms with Gasteiger partial charge in [-0.05, 0) is 48.5 Å². The summed E-state index contributed by atoms with van der Waals surface area (Å²) in [5.41, 5.74) is 1.56. The summed E-state index contributed by atoms with van der Waals surface area (Å²) >= 11 is 7.49. The van der Waals surface area contributed by atoms with Crippen molar-refractivity contribution in [2.45, 2.75) is 10.3 Å². The number of furan rings is 1. The maximum absolute atomic E-state index is 12.9. The Morgan fingerprint density at radius 2 is 1.88 bits per heavy atom. The van der Waals surface area contributed by atoms with E-state index < -0.39 is 0 Å². The summed E-state index contributed by atoms with van der Waals surface area (Å²) in [5, 5.41) is 3.31. The molecule has 0 fully saturated rings. The van der Waals surface area contributed by atoms with Gasteiger partial charge in [-0.3, -0.25) is 4.90 Å². The highest BCUT2D eigenvalue weighted by molar-refractivity contribution is 8.00. The summed E-state index contributed by atoms with van der Waals surface area (Å²) in [6.45, 7) is 0. The first-order valence-electron chi connectivity index (χ1n) is 7.37. The number of amides is 2. The smallest absolute Gasteiger partial charge is 0.327 e. The number of carbonyl (C=O) groups excluding carboxylic acids is 1. The number of para-hydroxylation sites is 1. The number of fused-ring (bicyclic) bond motifs is 1. The number of thioether (sulfide) groups is 1. The van der Waals surface area contributed by atoms with Gasteiger partial charge in [-0.2, -0.15) is 0 Å². The average Bonchev–Trinajstić information content (AvgIpc) is 3.23. The lowest BCUT2D eigenvalue weighted by molar-refractivity contribution is 0.256. The standard InChI is InChI=1S/C18H13ClN2O2S/c19-12-7-9-13(10-8-12)20-18(22)21-14-4-1-2-6-16(14)24-17(21)15-5-3-11-23-15/h1-11,17H,(H,20,22)/t17-/m0/s1. The van der Waals surface area contributed by atoms with Gasteiger partial charge in [0.05, 0.1) is 12.0 Å². The van der Waals surface area contributed by atoms with Gasteiger partial charge in [-0.25, -0.2) is 4.79 Å². The number of carbonyl (C=O) groups is 1. The minimum absolute atomic E-state index is 0.212. The van der Waals surface area contributed by atoms with Crippen molar-refractivity contribution in [3.63, 3.8) is 0 Å². The van der Waals surface area contributed by atoms with Crippen molar-refractivity contribution in [3.8, 4) is 0 Å². The van der Waals surface area contributed by atoms with Gasteiger partial charge in [0, 0.05) is 15.6 Å². The Hall–Kier alpha value is -2.37. The highest BCUT2D eigenvalue weighted by Crippen LogP contribution is 2.51. The molecule has 2 heterocycles. The van der Waals surface area contributed by atoms with E-state index in [0.717, 1.165) is 16.3 Å². The van der Waals surface area contributed by atoms with Crippen LogP contribution in [-0.4, -0.2) is 6.03 Å². The lowest BCUT2D eigenvalue weighted by Crippen LogP contribution is -2.34. The molecule has 2 amide bonds. The van der Waals surface area contributed by atoms with Crippen LogP contribution in [0, 0.1) is 0 Å². The summed E-state index contributed by atoms with van der Waals surface area (Å²) in [6.07, 6.45) is 1.62. The van der Waals surface area contributed by atoms with E-state index in [4.69, 9.17) is 16.0 Å². The molecule has 1 atom stereocenters. The number of benzene rings is 2. The van der Waals surface area contributed by atoms with Gasteiger partial charge >= 0.3 is 6.03 Å². The molecule has 0 spiro atoms. The highest BCUT2D eigenvalue weighted by Gasteiger charge is 2.37. The molecule has 0 radical (unpaired) electrons. The lowest BCUT2D eigenvalue weighted by atomic mass is 10.2. The van der Waals surface area contributed by atoms with E-state index in [2.05, 4.69) is 5.32 Å². The number of hydrogen-bond donors (Lipinski definition) is 1. The Labute approximate surface area is 148 Å². The number of nitrogens with zero attached hydrogens (tertiary/aromatic N) is 1. The van der Waals surface area contributed by atoms with Crippen molar-refractivity contribution < 1.29 is 9.21 Å². The quantitative estimate of drug-likeness (QED) is 0.633. The first kappa shape index (κ1) is 15.2. The van der Waals surface area contributed by atoms with Crippen LogP contribution in [0.25, 0.3) is 0 Å². The summed E-state index contributed by atoms with van der Waals surface area (Å²) in [7, 11) is 0. The molecule has 0 aliphatic carbocycles. The Morgan fingerprint density at radius 1 is 1.08 bits per heavy atom. The highest BCUT2D eigenvalue weighted by atomic mass is 35.5. The molecular weight excluding hydrogens is 344 g/mol. The lowest BCUT2D eigenvalue weighted by Gasteiger charge is -2.23. The zero-order valence-corrected chi connectivity index (χ0v) is 14.1. The molecule has 3 aromatic rings. The fraction of sp³-hybridized carbons (Fsp3) is 0.0556. The normalized spacial score (nSPS) is 16.0. The molecule has 1 aromatic heterocycles. The number of anilines is 2. The van der Waals surface area contributed by atoms with Crippen LogP contribution >= 0.6 is 23.4 Å². The first-order valence-corrected chi connectivity index (χ1v) is 8.63. The van der Waals surface area contributed by atoms with E-state index in [1.165, 1.54) is 0 Å². The molecule has 24 heavy (non-hydrogen) atoms. The Morgan fingerprint density at radius 3 is 2.62 bits per heavy atom. The topological polar surface area (TPSA) is 45.5 Å². The van der Waals surface area contributed by atoms with E-state index in [1.54, 1.807) is 47.2 Å². The predicted octanol–water partition coefficient (Wildman–Crippen LogP) is 5.78. The predicted molar refractivity (Wildman–Crippen MR) is 96.7 cm³/mol. The second-order valence-corrected chi connectivity index (χ2v) is 6.82. The zero-order chi connectivity index (χ0) is 16.5. The molecule has 4 rings (SSSR count). The van der Waals surface area contributed by atoms with Crippen LogP contribution in [0.2, 0.25) is 5.02 Å². The third-order valence-corrected chi connectivity index (χ3v) is 5.22. The van der Waals surface area contributed by atoms with Crippen LogP contribution in [0.15, 0.2) is 76.2 Å². The first-order chi connectivity index (χ1) is 11.7. The third-order valence-electron chi connectivity index (χ3n) is 3.70. The summed E-state index contributed by atoms with van der Waals surface area (Å²) < 4.78 is 5.54. The minimum Gasteiger partial charge on any atom is -0.466 e. The molecule has 0 bridgehead atoms. The van der Waals surface area contributed by atoms with Crippen molar-refractivity contribution in [1.29, 1.82) is 0 Å². The van der Waals surface area contributed by atoms with Gasteiger partial charge in [0.25, 0.3) is 0 Å². The molecule has 6 heteroatoms. The summed E-state index contributed by atoms with van der Waals surface area (Å²) in [5.74, 6) is 0.738. The molecule has 1 aliphatic rings. The maximum Gasteiger partial charge on any atom is 0.327 e. The Bertz CT molecular complexity index is 865. The zero-order valence-electron chi connectivity index (χ0n) is 12.5. The fourth-order valence-corrected chi connectivity index (χ4v) is 3.98. The van der Waals surface area contributed by atoms with Crippen LogP contribution < -0.4 is 10.2 Å². The van der Waals surface area contributed by atoms with E-state index in [-0.39, 0.29) is 11.4 Å². The Balaban J connectivity index is 1.66. The van der Waals surface area contributed by atoms with Gasteiger partial charge in [-0.1, -0.05) is 35.5 Å². The van der Waals surface area contributed by atoms with Crippen molar-refractivity contribution in [2.75, 3.05) is 10.2 Å². The summed E-state index contributed by atoms with van der Waals surface area (Å²) in [4.78, 5) is 15.7. The van der Waals surface area contributed by atoms with E-state index in [9.17, 15) is 4.79 Å². The van der Waals surface area contributed by atoms with E-state index in [1.807, 2.05) is 36.4 Å². The monoisotopic (exact) mass is 356 g/mol. The largest absolute Gasteiger partial charge is 0.466 e. The molecule has 0 saturated heterocycles. The van der Waals surface area contributed by atoms with Gasteiger partial charge < -0.3 is 9.73 Å². The maximum atomic E-state index is 12.9. The molecule has 0 unspecified atom stereocenters.